The third kappa shape index (κ3) is 4.37. The standard InChI is InChI=1S/C16H14N2O3S2/c19-23(20,10-4-7-13-5-2-1-3-6-13)12-15-17-16(21-18-15)14-8-9-22-11-14/h1-9,11H,10,12H2/b7-4-. The van der Waals surface area contributed by atoms with Gasteiger partial charge in [0, 0.05) is 5.38 Å². The second-order valence-corrected chi connectivity index (χ2v) is 7.78. The number of benzene rings is 1. The number of hydrogen-bond acceptors (Lipinski definition) is 6. The zero-order chi connectivity index (χ0) is 16.1. The van der Waals surface area contributed by atoms with Crippen molar-refractivity contribution in [1.29, 1.82) is 0 Å². The molecule has 5 nitrogen and oxygen atoms in total. The van der Waals surface area contributed by atoms with E-state index in [9.17, 15) is 8.42 Å². The van der Waals surface area contributed by atoms with Crippen molar-refractivity contribution in [3.05, 3.63) is 64.6 Å². The van der Waals surface area contributed by atoms with Gasteiger partial charge in [-0.3, -0.25) is 0 Å². The topological polar surface area (TPSA) is 73.1 Å². The summed E-state index contributed by atoms with van der Waals surface area (Å²) in [6, 6.07) is 11.4. The summed E-state index contributed by atoms with van der Waals surface area (Å²) in [7, 11) is -3.33. The van der Waals surface area contributed by atoms with E-state index in [2.05, 4.69) is 10.1 Å². The van der Waals surface area contributed by atoms with Crippen LogP contribution < -0.4 is 0 Å². The first kappa shape index (κ1) is 15.6. The third-order valence-electron chi connectivity index (χ3n) is 3.05. The molecular formula is C16H14N2O3S2. The van der Waals surface area contributed by atoms with Gasteiger partial charge in [-0.15, -0.1) is 0 Å². The van der Waals surface area contributed by atoms with Gasteiger partial charge in [0.1, 0.15) is 5.75 Å². The first-order valence-corrected chi connectivity index (χ1v) is 9.66. The lowest BCUT2D eigenvalue weighted by Crippen LogP contribution is -2.08. The van der Waals surface area contributed by atoms with E-state index < -0.39 is 9.84 Å². The Kier molecular flexibility index (Phi) is 4.68. The van der Waals surface area contributed by atoms with Gasteiger partial charge in [0.15, 0.2) is 15.7 Å². The predicted octanol–water partition coefficient (Wildman–Crippen LogP) is 3.43. The second kappa shape index (κ2) is 6.89. The van der Waals surface area contributed by atoms with Crippen LogP contribution in [-0.2, 0) is 15.6 Å². The molecule has 2 aromatic heterocycles. The van der Waals surface area contributed by atoms with E-state index in [1.807, 2.05) is 47.2 Å². The molecule has 118 valence electrons. The Morgan fingerprint density at radius 1 is 1.17 bits per heavy atom. The van der Waals surface area contributed by atoms with E-state index in [0.717, 1.165) is 11.1 Å². The first-order valence-electron chi connectivity index (χ1n) is 6.89. The van der Waals surface area contributed by atoms with Gasteiger partial charge in [0.2, 0.25) is 0 Å². The van der Waals surface area contributed by atoms with Gasteiger partial charge in [-0.2, -0.15) is 16.3 Å². The maximum absolute atomic E-state index is 12.1. The van der Waals surface area contributed by atoms with Crippen LogP contribution in [0.15, 0.2) is 57.8 Å². The highest BCUT2D eigenvalue weighted by Crippen LogP contribution is 2.20. The van der Waals surface area contributed by atoms with Gasteiger partial charge < -0.3 is 4.52 Å². The molecule has 0 N–H and O–H groups in total. The fourth-order valence-electron chi connectivity index (χ4n) is 1.97. The molecule has 0 saturated heterocycles. The molecule has 23 heavy (non-hydrogen) atoms. The Hall–Kier alpha value is -2.25. The maximum Gasteiger partial charge on any atom is 0.258 e. The van der Waals surface area contributed by atoms with Gasteiger partial charge in [0.25, 0.3) is 5.89 Å². The smallest absolute Gasteiger partial charge is 0.258 e. The maximum atomic E-state index is 12.1. The highest BCUT2D eigenvalue weighted by atomic mass is 32.2. The average molecular weight is 346 g/mol. The zero-order valence-electron chi connectivity index (χ0n) is 12.1. The Bertz CT molecular complexity index is 883. The number of nitrogens with zero attached hydrogens (tertiary/aromatic N) is 2. The lowest BCUT2D eigenvalue weighted by Gasteiger charge is -1.96. The van der Waals surface area contributed by atoms with Crippen molar-refractivity contribution in [3.8, 4) is 11.5 Å². The Balaban J connectivity index is 1.64. The van der Waals surface area contributed by atoms with Crippen molar-refractivity contribution in [1.82, 2.24) is 10.1 Å². The van der Waals surface area contributed by atoms with E-state index in [1.165, 1.54) is 11.3 Å². The average Bonchev–Trinajstić information content (AvgIpc) is 3.18. The molecule has 1 aromatic carbocycles. The molecule has 3 aromatic rings. The molecule has 0 aliphatic heterocycles. The SMILES string of the molecule is O=S(=O)(C/C=C\c1ccccc1)Cc1noc(-c2ccsc2)n1. The minimum absolute atomic E-state index is 0.0653. The molecular weight excluding hydrogens is 332 g/mol. The fraction of sp³-hybridized carbons (Fsp3) is 0.125. The number of hydrogen-bond donors (Lipinski definition) is 0. The molecule has 7 heteroatoms. The Morgan fingerprint density at radius 2 is 2.00 bits per heavy atom. The van der Waals surface area contributed by atoms with Crippen LogP contribution in [0.25, 0.3) is 17.5 Å². The van der Waals surface area contributed by atoms with Crippen LogP contribution in [0.1, 0.15) is 11.4 Å². The van der Waals surface area contributed by atoms with Gasteiger partial charge >= 0.3 is 0 Å². The molecule has 3 rings (SSSR count). The van der Waals surface area contributed by atoms with E-state index in [1.54, 1.807) is 12.2 Å². The zero-order valence-corrected chi connectivity index (χ0v) is 13.8. The number of aromatic nitrogens is 2. The summed E-state index contributed by atoms with van der Waals surface area (Å²) >= 11 is 1.51. The van der Waals surface area contributed by atoms with Gasteiger partial charge in [-0.05, 0) is 17.0 Å². The van der Waals surface area contributed by atoms with Crippen LogP contribution >= 0.6 is 11.3 Å². The Labute approximate surface area is 138 Å². The van der Waals surface area contributed by atoms with Crippen molar-refractivity contribution >= 4 is 27.3 Å². The summed E-state index contributed by atoms with van der Waals surface area (Å²) in [6.07, 6.45) is 3.41. The van der Waals surface area contributed by atoms with E-state index in [4.69, 9.17) is 4.52 Å². The summed E-state index contributed by atoms with van der Waals surface area (Å²) in [6.45, 7) is 0. The van der Waals surface area contributed by atoms with Gasteiger partial charge in [-0.1, -0.05) is 47.6 Å². The second-order valence-electron chi connectivity index (χ2n) is 4.90. The lowest BCUT2D eigenvalue weighted by atomic mass is 10.2. The molecule has 0 fully saturated rings. The minimum Gasteiger partial charge on any atom is -0.334 e. The van der Waals surface area contributed by atoms with Crippen LogP contribution in [0, 0.1) is 0 Å². The molecule has 0 amide bonds. The summed E-state index contributed by atoms with van der Waals surface area (Å²) in [5, 5.41) is 7.50. The molecule has 0 aliphatic rings. The largest absolute Gasteiger partial charge is 0.334 e. The highest BCUT2D eigenvalue weighted by Gasteiger charge is 2.16. The van der Waals surface area contributed by atoms with Crippen molar-refractivity contribution < 1.29 is 12.9 Å². The van der Waals surface area contributed by atoms with Crippen molar-refractivity contribution in [2.45, 2.75) is 5.75 Å². The summed E-state index contributed by atoms with van der Waals surface area (Å²) < 4.78 is 29.3. The molecule has 0 aliphatic carbocycles. The predicted molar refractivity (Wildman–Crippen MR) is 90.6 cm³/mol. The molecule has 0 unspecified atom stereocenters. The third-order valence-corrected chi connectivity index (χ3v) is 5.13. The van der Waals surface area contributed by atoms with Crippen LogP contribution in [0.2, 0.25) is 0 Å². The monoisotopic (exact) mass is 346 g/mol. The lowest BCUT2D eigenvalue weighted by molar-refractivity contribution is 0.424. The van der Waals surface area contributed by atoms with Crippen LogP contribution in [-0.4, -0.2) is 24.3 Å². The molecule has 0 atom stereocenters. The van der Waals surface area contributed by atoms with E-state index >= 15 is 0 Å². The van der Waals surface area contributed by atoms with Crippen LogP contribution in [0.3, 0.4) is 0 Å². The molecule has 0 radical (unpaired) electrons. The van der Waals surface area contributed by atoms with E-state index in [0.29, 0.717) is 5.89 Å². The quantitative estimate of drug-likeness (QED) is 0.684. The van der Waals surface area contributed by atoms with Gasteiger partial charge in [0.05, 0.1) is 11.3 Å². The van der Waals surface area contributed by atoms with Gasteiger partial charge in [-0.25, -0.2) is 8.42 Å². The number of rotatable bonds is 6. The molecule has 2 heterocycles. The van der Waals surface area contributed by atoms with E-state index in [-0.39, 0.29) is 17.3 Å². The number of sulfone groups is 1. The van der Waals surface area contributed by atoms with Crippen molar-refractivity contribution in [2.75, 3.05) is 5.75 Å². The molecule has 0 saturated carbocycles. The summed E-state index contributed by atoms with van der Waals surface area (Å²) in [4.78, 5) is 4.13. The summed E-state index contributed by atoms with van der Waals surface area (Å²) in [5.74, 6) is 0.222. The molecule has 0 bridgehead atoms. The normalized spacial score (nSPS) is 12.0. The highest BCUT2D eigenvalue weighted by molar-refractivity contribution is 7.90. The minimum atomic E-state index is -3.33. The first-order chi connectivity index (χ1) is 11.1. The van der Waals surface area contributed by atoms with Crippen LogP contribution in [0.4, 0.5) is 0 Å². The Morgan fingerprint density at radius 3 is 2.74 bits per heavy atom. The van der Waals surface area contributed by atoms with Crippen molar-refractivity contribution in [3.63, 3.8) is 0 Å². The summed E-state index contributed by atoms with van der Waals surface area (Å²) in [5.41, 5.74) is 1.76. The number of thiophene rings is 1. The van der Waals surface area contributed by atoms with Crippen molar-refractivity contribution in [2.24, 2.45) is 0 Å². The fourth-order valence-corrected chi connectivity index (χ4v) is 3.61. The van der Waals surface area contributed by atoms with Crippen LogP contribution in [0.5, 0.6) is 0 Å². The molecule has 0 spiro atoms.